The van der Waals surface area contributed by atoms with Gasteiger partial charge in [0.05, 0.1) is 0 Å². The normalized spacial score (nSPS) is 11.2. The predicted octanol–water partition coefficient (Wildman–Crippen LogP) is 1.23. The van der Waals surface area contributed by atoms with Crippen molar-refractivity contribution in [2.45, 2.75) is 26.7 Å². The molecule has 0 saturated carbocycles. The van der Waals surface area contributed by atoms with Crippen LogP contribution in [-0.4, -0.2) is 20.9 Å². The van der Waals surface area contributed by atoms with Gasteiger partial charge in [-0.05, 0) is 26.7 Å². The molecule has 6 nitrogen and oxygen atoms in total. The van der Waals surface area contributed by atoms with Crippen LogP contribution in [0.1, 0.15) is 25.5 Å². The molecule has 1 aromatic rings. The molecule has 0 radical (unpaired) electrons. The molecule has 1 aromatic heterocycles. The summed E-state index contributed by atoms with van der Waals surface area (Å²) in [5.41, 5.74) is 3.62. The lowest BCUT2D eigenvalue weighted by molar-refractivity contribution is 0.895. The van der Waals surface area contributed by atoms with Crippen LogP contribution in [0.4, 0.5) is 5.95 Å². The summed E-state index contributed by atoms with van der Waals surface area (Å²) in [6.45, 7) is 7.10. The van der Waals surface area contributed by atoms with Crippen molar-refractivity contribution in [2.75, 3.05) is 5.43 Å². The first-order valence-corrected chi connectivity index (χ1v) is 4.97. The zero-order valence-corrected chi connectivity index (χ0v) is 9.45. The standard InChI is InChI=1S/C10H15N5O/c1-4-5-6-7(2)12-14-10-11-9(16)8(3)13-15-10/h4H,1,5-6H2,2-3H3,(H2,11,14,15,16). The Labute approximate surface area is 93.5 Å². The number of hydrogen-bond donors (Lipinski definition) is 2. The maximum atomic E-state index is 11.2. The molecular weight excluding hydrogens is 206 g/mol. The van der Waals surface area contributed by atoms with Crippen molar-refractivity contribution >= 4 is 11.7 Å². The summed E-state index contributed by atoms with van der Waals surface area (Å²) >= 11 is 0. The van der Waals surface area contributed by atoms with Crippen molar-refractivity contribution in [1.29, 1.82) is 0 Å². The molecule has 0 aliphatic rings. The average molecular weight is 221 g/mol. The first-order valence-electron chi connectivity index (χ1n) is 4.97. The Morgan fingerprint density at radius 1 is 1.62 bits per heavy atom. The highest BCUT2D eigenvalue weighted by molar-refractivity contribution is 5.82. The van der Waals surface area contributed by atoms with Crippen molar-refractivity contribution < 1.29 is 0 Å². The van der Waals surface area contributed by atoms with Crippen LogP contribution in [0.3, 0.4) is 0 Å². The number of aromatic nitrogens is 3. The Balaban J connectivity index is 2.63. The molecule has 0 saturated heterocycles. The molecule has 0 bridgehead atoms. The summed E-state index contributed by atoms with van der Waals surface area (Å²) in [6, 6.07) is 0. The van der Waals surface area contributed by atoms with E-state index in [-0.39, 0.29) is 11.5 Å². The van der Waals surface area contributed by atoms with Crippen molar-refractivity contribution in [3.05, 3.63) is 28.7 Å². The van der Waals surface area contributed by atoms with E-state index in [1.165, 1.54) is 0 Å². The molecule has 1 rings (SSSR count). The molecule has 2 N–H and O–H groups in total. The summed E-state index contributed by atoms with van der Waals surface area (Å²) in [5, 5.41) is 11.5. The van der Waals surface area contributed by atoms with Crippen molar-refractivity contribution in [1.82, 2.24) is 15.2 Å². The van der Waals surface area contributed by atoms with Crippen LogP contribution in [0.15, 0.2) is 22.6 Å². The number of anilines is 1. The topological polar surface area (TPSA) is 83.0 Å². The quantitative estimate of drug-likeness (QED) is 0.445. The SMILES string of the molecule is C=CCCC(C)=NNc1nnc(C)c(=O)[nH]1. The van der Waals surface area contributed by atoms with Gasteiger partial charge in [0.25, 0.3) is 5.56 Å². The summed E-state index contributed by atoms with van der Waals surface area (Å²) < 4.78 is 0. The summed E-state index contributed by atoms with van der Waals surface area (Å²) in [4.78, 5) is 13.7. The maximum Gasteiger partial charge on any atom is 0.274 e. The fraction of sp³-hybridized carbons (Fsp3) is 0.400. The fourth-order valence-electron chi connectivity index (χ4n) is 0.959. The largest absolute Gasteiger partial charge is 0.288 e. The number of hydrogen-bond acceptors (Lipinski definition) is 5. The summed E-state index contributed by atoms with van der Waals surface area (Å²) in [7, 11) is 0. The van der Waals surface area contributed by atoms with Gasteiger partial charge in [0.2, 0.25) is 5.95 Å². The Morgan fingerprint density at radius 3 is 3.00 bits per heavy atom. The summed E-state index contributed by atoms with van der Waals surface area (Å²) in [5.74, 6) is 0.244. The molecule has 0 aliphatic carbocycles. The van der Waals surface area contributed by atoms with E-state index in [2.05, 4.69) is 32.3 Å². The lowest BCUT2D eigenvalue weighted by Crippen LogP contribution is -2.15. The zero-order valence-electron chi connectivity index (χ0n) is 9.45. The Morgan fingerprint density at radius 2 is 2.38 bits per heavy atom. The molecule has 86 valence electrons. The van der Waals surface area contributed by atoms with Crippen molar-refractivity contribution in [2.24, 2.45) is 5.10 Å². The zero-order chi connectivity index (χ0) is 12.0. The molecule has 0 fully saturated rings. The van der Waals surface area contributed by atoms with Gasteiger partial charge >= 0.3 is 0 Å². The van der Waals surface area contributed by atoms with Gasteiger partial charge in [-0.25, -0.2) is 5.43 Å². The monoisotopic (exact) mass is 221 g/mol. The smallest absolute Gasteiger partial charge is 0.274 e. The number of nitrogens with zero attached hydrogens (tertiary/aromatic N) is 3. The highest BCUT2D eigenvalue weighted by Gasteiger charge is 1.98. The van der Waals surface area contributed by atoms with Gasteiger partial charge in [0.15, 0.2) is 0 Å². The third kappa shape index (κ3) is 3.64. The molecule has 0 aliphatic heterocycles. The minimum Gasteiger partial charge on any atom is -0.288 e. The number of nitrogens with one attached hydrogen (secondary N) is 2. The molecule has 0 amide bonds. The number of aryl methyl sites for hydroxylation is 1. The molecule has 0 spiro atoms. The van der Waals surface area contributed by atoms with E-state index in [0.717, 1.165) is 18.6 Å². The van der Waals surface area contributed by atoms with Crippen LogP contribution in [0, 0.1) is 6.92 Å². The van der Waals surface area contributed by atoms with Gasteiger partial charge in [-0.15, -0.1) is 16.8 Å². The number of rotatable bonds is 5. The lowest BCUT2D eigenvalue weighted by atomic mass is 10.2. The minimum absolute atomic E-state index is 0.244. The van der Waals surface area contributed by atoms with E-state index in [4.69, 9.17) is 0 Å². The fourth-order valence-corrected chi connectivity index (χ4v) is 0.959. The Hall–Kier alpha value is -1.98. The molecule has 6 heteroatoms. The highest BCUT2D eigenvalue weighted by atomic mass is 16.1. The third-order valence-electron chi connectivity index (χ3n) is 1.92. The van der Waals surface area contributed by atoms with Crippen LogP contribution < -0.4 is 11.0 Å². The Bertz CT molecular complexity index is 449. The van der Waals surface area contributed by atoms with Gasteiger partial charge in [-0.1, -0.05) is 6.08 Å². The molecule has 0 aromatic carbocycles. The Kier molecular flexibility index (Phi) is 4.38. The molecule has 0 atom stereocenters. The second kappa shape index (κ2) is 5.79. The second-order valence-electron chi connectivity index (χ2n) is 3.37. The number of H-pyrrole nitrogens is 1. The van der Waals surface area contributed by atoms with Gasteiger partial charge in [0.1, 0.15) is 5.69 Å². The van der Waals surface area contributed by atoms with Gasteiger partial charge in [-0.3, -0.25) is 9.78 Å². The number of allylic oxidation sites excluding steroid dienone is 1. The van der Waals surface area contributed by atoms with Gasteiger partial charge in [-0.2, -0.15) is 5.10 Å². The van der Waals surface area contributed by atoms with Gasteiger partial charge in [0, 0.05) is 5.71 Å². The van der Waals surface area contributed by atoms with Crippen molar-refractivity contribution in [3.63, 3.8) is 0 Å². The predicted molar refractivity (Wildman–Crippen MR) is 63.6 cm³/mol. The van der Waals surface area contributed by atoms with E-state index in [1.807, 2.05) is 13.0 Å². The highest BCUT2D eigenvalue weighted by Crippen LogP contribution is 1.96. The van der Waals surface area contributed by atoms with Crippen LogP contribution in [0.25, 0.3) is 0 Å². The molecular formula is C10H15N5O. The molecule has 0 unspecified atom stereocenters. The molecule has 1 heterocycles. The van der Waals surface area contributed by atoms with E-state index in [0.29, 0.717) is 5.69 Å². The van der Waals surface area contributed by atoms with Crippen LogP contribution in [-0.2, 0) is 0 Å². The van der Waals surface area contributed by atoms with E-state index >= 15 is 0 Å². The van der Waals surface area contributed by atoms with E-state index < -0.39 is 0 Å². The van der Waals surface area contributed by atoms with Crippen LogP contribution in [0.2, 0.25) is 0 Å². The number of aromatic amines is 1. The number of hydrazone groups is 1. The first-order chi connectivity index (χ1) is 7.63. The average Bonchev–Trinajstić information content (AvgIpc) is 2.28. The second-order valence-corrected chi connectivity index (χ2v) is 3.37. The van der Waals surface area contributed by atoms with Gasteiger partial charge < -0.3 is 0 Å². The third-order valence-corrected chi connectivity index (χ3v) is 1.92. The summed E-state index contributed by atoms with van der Waals surface area (Å²) in [6.07, 6.45) is 3.51. The minimum atomic E-state index is -0.267. The van der Waals surface area contributed by atoms with Crippen LogP contribution >= 0.6 is 0 Å². The van der Waals surface area contributed by atoms with E-state index in [1.54, 1.807) is 6.92 Å². The maximum absolute atomic E-state index is 11.2. The first kappa shape index (κ1) is 12.1. The van der Waals surface area contributed by atoms with Crippen LogP contribution in [0.5, 0.6) is 0 Å². The molecule has 16 heavy (non-hydrogen) atoms. The van der Waals surface area contributed by atoms with Crippen molar-refractivity contribution in [3.8, 4) is 0 Å². The van der Waals surface area contributed by atoms with E-state index in [9.17, 15) is 4.79 Å². The lowest BCUT2D eigenvalue weighted by Gasteiger charge is -2.00.